The van der Waals surface area contributed by atoms with Gasteiger partial charge in [-0.2, -0.15) is 0 Å². The molecule has 0 fully saturated rings. The summed E-state index contributed by atoms with van der Waals surface area (Å²) in [4.78, 5) is 15.7. The molecular weight excluding hydrogens is 258 g/mol. The Morgan fingerprint density at radius 3 is 2.57 bits per heavy atom. The number of hydrogen-bond donors (Lipinski definition) is 1. The fraction of sp³-hybridized carbons (Fsp3) is 0.211. The molecule has 0 spiro atoms. The van der Waals surface area contributed by atoms with Crippen molar-refractivity contribution in [2.75, 3.05) is 0 Å². The fourth-order valence-corrected chi connectivity index (χ4v) is 2.61. The normalized spacial score (nSPS) is 10.9. The molecule has 2 nitrogen and oxygen atoms in total. The van der Waals surface area contributed by atoms with Crippen LogP contribution >= 0.6 is 0 Å². The van der Waals surface area contributed by atoms with Gasteiger partial charge in [-0.1, -0.05) is 49.7 Å². The van der Waals surface area contributed by atoms with E-state index < -0.39 is 0 Å². The Kier molecular flexibility index (Phi) is 3.87. The van der Waals surface area contributed by atoms with Crippen molar-refractivity contribution in [1.29, 1.82) is 0 Å². The Morgan fingerprint density at radius 2 is 1.81 bits per heavy atom. The molecule has 2 aromatic carbocycles. The zero-order valence-corrected chi connectivity index (χ0v) is 12.2. The lowest BCUT2D eigenvalue weighted by Gasteiger charge is -2.07. The molecule has 1 aromatic heterocycles. The number of hydrogen-bond acceptors (Lipinski definition) is 1. The van der Waals surface area contributed by atoms with Crippen LogP contribution in [0.4, 0.5) is 0 Å². The molecule has 0 aliphatic rings. The Bertz CT molecular complexity index is 803. The molecule has 3 rings (SSSR count). The second-order valence-corrected chi connectivity index (χ2v) is 5.40. The average Bonchev–Trinajstić information content (AvgIpc) is 2.53. The van der Waals surface area contributed by atoms with Crippen molar-refractivity contribution in [3.8, 4) is 11.3 Å². The molecule has 1 heterocycles. The number of rotatable bonds is 4. The van der Waals surface area contributed by atoms with E-state index in [0.717, 1.165) is 28.6 Å². The van der Waals surface area contributed by atoms with Gasteiger partial charge in [0.1, 0.15) is 0 Å². The second-order valence-electron chi connectivity index (χ2n) is 5.40. The number of unbranched alkanes of at least 4 members (excludes halogenated alkanes) is 1. The molecular formula is C19H19NO. The van der Waals surface area contributed by atoms with E-state index in [0.29, 0.717) is 0 Å². The predicted octanol–water partition coefficient (Wildman–Crippen LogP) is 4.54. The smallest absolute Gasteiger partial charge is 0.190 e. The number of aromatic amines is 1. The first kappa shape index (κ1) is 13.6. The first-order valence-corrected chi connectivity index (χ1v) is 7.49. The largest absolute Gasteiger partial charge is 0.354 e. The van der Waals surface area contributed by atoms with Gasteiger partial charge in [0, 0.05) is 22.7 Å². The molecule has 0 amide bonds. The molecule has 0 unspecified atom stereocenters. The van der Waals surface area contributed by atoms with Crippen LogP contribution in [-0.2, 0) is 6.42 Å². The zero-order chi connectivity index (χ0) is 14.7. The molecule has 0 aliphatic carbocycles. The molecule has 106 valence electrons. The van der Waals surface area contributed by atoms with Crippen LogP contribution in [0.2, 0.25) is 0 Å². The molecule has 21 heavy (non-hydrogen) atoms. The van der Waals surface area contributed by atoms with E-state index in [2.05, 4.69) is 24.0 Å². The van der Waals surface area contributed by atoms with Gasteiger partial charge in [0.2, 0.25) is 0 Å². The summed E-state index contributed by atoms with van der Waals surface area (Å²) < 4.78 is 0. The lowest BCUT2D eigenvalue weighted by Crippen LogP contribution is -2.03. The molecule has 0 aliphatic heterocycles. The summed E-state index contributed by atoms with van der Waals surface area (Å²) in [5, 5.41) is 0.759. The second kappa shape index (κ2) is 5.96. The minimum Gasteiger partial charge on any atom is -0.354 e. The third kappa shape index (κ3) is 2.89. The maximum absolute atomic E-state index is 12.3. The number of benzene rings is 2. The zero-order valence-electron chi connectivity index (χ0n) is 12.2. The van der Waals surface area contributed by atoms with Gasteiger partial charge in [-0.3, -0.25) is 4.79 Å². The van der Waals surface area contributed by atoms with Gasteiger partial charge in [-0.15, -0.1) is 0 Å². The van der Waals surface area contributed by atoms with Gasteiger partial charge in [0.15, 0.2) is 5.43 Å². The van der Waals surface area contributed by atoms with Crippen molar-refractivity contribution in [3.05, 3.63) is 70.4 Å². The Morgan fingerprint density at radius 1 is 1.00 bits per heavy atom. The van der Waals surface area contributed by atoms with E-state index in [4.69, 9.17) is 0 Å². The number of pyridine rings is 1. The first-order valence-electron chi connectivity index (χ1n) is 7.49. The van der Waals surface area contributed by atoms with Crippen molar-refractivity contribution in [2.45, 2.75) is 26.2 Å². The Labute approximate surface area is 124 Å². The van der Waals surface area contributed by atoms with Crippen LogP contribution in [0.5, 0.6) is 0 Å². The van der Waals surface area contributed by atoms with Crippen LogP contribution in [-0.4, -0.2) is 4.98 Å². The lowest BCUT2D eigenvalue weighted by molar-refractivity contribution is 0.796. The molecule has 0 saturated carbocycles. The van der Waals surface area contributed by atoms with Crippen molar-refractivity contribution >= 4 is 10.9 Å². The van der Waals surface area contributed by atoms with Gasteiger partial charge < -0.3 is 4.98 Å². The summed E-state index contributed by atoms with van der Waals surface area (Å²) >= 11 is 0. The van der Waals surface area contributed by atoms with E-state index >= 15 is 0 Å². The molecule has 0 saturated heterocycles. The number of H-pyrrole nitrogens is 1. The van der Waals surface area contributed by atoms with E-state index in [9.17, 15) is 4.79 Å². The van der Waals surface area contributed by atoms with Crippen molar-refractivity contribution < 1.29 is 0 Å². The van der Waals surface area contributed by atoms with Gasteiger partial charge in [0.05, 0.1) is 0 Å². The summed E-state index contributed by atoms with van der Waals surface area (Å²) in [6.07, 6.45) is 3.41. The SMILES string of the molecule is CCCCc1ccc2c(=O)cc(-c3ccccc3)[nH]c2c1. The van der Waals surface area contributed by atoms with E-state index in [1.165, 1.54) is 18.4 Å². The van der Waals surface area contributed by atoms with E-state index in [-0.39, 0.29) is 5.43 Å². The van der Waals surface area contributed by atoms with Crippen molar-refractivity contribution in [1.82, 2.24) is 4.98 Å². The summed E-state index contributed by atoms with van der Waals surface area (Å²) in [7, 11) is 0. The minimum atomic E-state index is 0.0737. The summed E-state index contributed by atoms with van der Waals surface area (Å²) in [5.41, 5.74) is 4.20. The monoisotopic (exact) mass is 277 g/mol. The van der Waals surface area contributed by atoms with Crippen molar-refractivity contribution in [2.24, 2.45) is 0 Å². The van der Waals surface area contributed by atoms with Crippen LogP contribution < -0.4 is 5.43 Å². The highest BCUT2D eigenvalue weighted by Crippen LogP contribution is 2.19. The summed E-state index contributed by atoms with van der Waals surface area (Å²) in [6, 6.07) is 17.8. The highest BCUT2D eigenvalue weighted by Gasteiger charge is 2.05. The maximum atomic E-state index is 12.3. The molecule has 1 N–H and O–H groups in total. The van der Waals surface area contributed by atoms with Crippen LogP contribution in [0.25, 0.3) is 22.2 Å². The number of aryl methyl sites for hydroxylation is 1. The van der Waals surface area contributed by atoms with Gasteiger partial charge in [0.25, 0.3) is 0 Å². The van der Waals surface area contributed by atoms with Gasteiger partial charge >= 0.3 is 0 Å². The van der Waals surface area contributed by atoms with Crippen molar-refractivity contribution in [3.63, 3.8) is 0 Å². The highest BCUT2D eigenvalue weighted by molar-refractivity contribution is 5.82. The Hall–Kier alpha value is -2.35. The third-order valence-corrected chi connectivity index (χ3v) is 3.80. The highest BCUT2D eigenvalue weighted by atomic mass is 16.1. The maximum Gasteiger partial charge on any atom is 0.190 e. The standard InChI is InChI=1S/C19H19NO/c1-2-3-7-14-10-11-16-18(12-14)20-17(13-19(16)21)15-8-5-4-6-9-15/h4-6,8-13H,2-3,7H2,1H3,(H,20,21). The van der Waals surface area contributed by atoms with Crippen LogP contribution in [0, 0.1) is 0 Å². The molecule has 3 aromatic rings. The van der Waals surface area contributed by atoms with Gasteiger partial charge in [-0.25, -0.2) is 0 Å². The third-order valence-electron chi connectivity index (χ3n) is 3.80. The number of nitrogens with one attached hydrogen (secondary N) is 1. The number of fused-ring (bicyclic) bond motifs is 1. The number of aromatic nitrogens is 1. The summed E-state index contributed by atoms with van der Waals surface area (Å²) in [6.45, 7) is 2.19. The lowest BCUT2D eigenvalue weighted by atomic mass is 10.0. The predicted molar refractivity (Wildman–Crippen MR) is 88.6 cm³/mol. The fourth-order valence-electron chi connectivity index (χ4n) is 2.61. The van der Waals surface area contributed by atoms with Gasteiger partial charge in [-0.05, 0) is 36.1 Å². The quantitative estimate of drug-likeness (QED) is 0.746. The van der Waals surface area contributed by atoms with Crippen LogP contribution in [0.1, 0.15) is 25.3 Å². The van der Waals surface area contributed by atoms with E-state index in [1.807, 2.05) is 36.4 Å². The first-order chi connectivity index (χ1) is 10.3. The molecule has 2 heteroatoms. The van der Waals surface area contributed by atoms with E-state index in [1.54, 1.807) is 6.07 Å². The summed E-state index contributed by atoms with van der Waals surface area (Å²) in [5.74, 6) is 0. The molecule has 0 radical (unpaired) electrons. The average molecular weight is 277 g/mol. The topological polar surface area (TPSA) is 32.9 Å². The Balaban J connectivity index is 2.10. The van der Waals surface area contributed by atoms with Crippen LogP contribution in [0.15, 0.2) is 59.4 Å². The molecule has 0 bridgehead atoms. The minimum absolute atomic E-state index is 0.0737. The van der Waals surface area contributed by atoms with Crippen LogP contribution in [0.3, 0.4) is 0 Å². The molecule has 0 atom stereocenters.